The van der Waals surface area contributed by atoms with E-state index >= 15 is 0 Å². The van der Waals surface area contributed by atoms with Crippen molar-refractivity contribution < 1.29 is 8.54 Å². The van der Waals surface area contributed by atoms with Gasteiger partial charge in [-0.15, -0.1) is 6.58 Å². The molecule has 0 aliphatic rings. The summed E-state index contributed by atoms with van der Waals surface area (Å²) in [5.74, 6) is 0. The summed E-state index contributed by atoms with van der Waals surface area (Å²) in [6.07, 6.45) is 0. The first-order valence-electron chi connectivity index (χ1n) is 2.62. The maximum absolute atomic E-state index is 5.17. The van der Waals surface area contributed by atoms with Crippen molar-refractivity contribution in [2.24, 2.45) is 0 Å². The molecule has 0 fully saturated rings. The first-order chi connectivity index (χ1) is 3.85. The van der Waals surface area contributed by atoms with Crippen molar-refractivity contribution in [1.82, 2.24) is 0 Å². The van der Waals surface area contributed by atoms with E-state index in [0.29, 0.717) is 0 Å². The standard InChI is InChI=1S/C4H12O2Si2/c1-3-5-8(4-2)6-7/h4,8H,2-3H2,1,7H3. The van der Waals surface area contributed by atoms with Gasteiger partial charge in [0.25, 0.3) is 0 Å². The lowest BCUT2D eigenvalue weighted by molar-refractivity contribution is 0.299. The molecule has 8 heavy (non-hydrogen) atoms. The third kappa shape index (κ3) is 3.14. The molecule has 0 amide bonds. The summed E-state index contributed by atoms with van der Waals surface area (Å²) in [7, 11) is -0.605. The first kappa shape index (κ1) is 8.09. The summed E-state index contributed by atoms with van der Waals surface area (Å²) in [5, 5.41) is 0. The van der Waals surface area contributed by atoms with Gasteiger partial charge in [-0.05, 0) is 6.92 Å². The highest BCUT2D eigenvalue weighted by molar-refractivity contribution is 6.54. The molecule has 0 aliphatic heterocycles. The van der Waals surface area contributed by atoms with Crippen LogP contribution in [0.4, 0.5) is 0 Å². The normalized spacial score (nSPS) is 13.6. The molecule has 0 rings (SSSR count). The van der Waals surface area contributed by atoms with E-state index < -0.39 is 9.28 Å². The van der Waals surface area contributed by atoms with Crippen molar-refractivity contribution in [2.45, 2.75) is 6.92 Å². The fourth-order valence-electron chi connectivity index (χ4n) is 0.397. The van der Waals surface area contributed by atoms with Gasteiger partial charge in [0.2, 0.25) is 0 Å². The van der Waals surface area contributed by atoms with Crippen molar-refractivity contribution in [2.75, 3.05) is 6.61 Å². The van der Waals surface area contributed by atoms with Gasteiger partial charge in [-0.25, -0.2) is 0 Å². The van der Waals surface area contributed by atoms with E-state index in [1.54, 1.807) is 5.70 Å². The second-order valence-electron chi connectivity index (χ2n) is 1.30. The molecule has 0 heterocycles. The van der Waals surface area contributed by atoms with Crippen LogP contribution >= 0.6 is 0 Å². The minimum atomic E-state index is -1.37. The Labute approximate surface area is 54.9 Å². The second kappa shape index (κ2) is 5.23. The Morgan fingerprint density at radius 2 is 2.50 bits per heavy atom. The number of rotatable bonds is 4. The van der Waals surface area contributed by atoms with Crippen molar-refractivity contribution in [1.29, 1.82) is 0 Å². The molecule has 0 bridgehead atoms. The summed E-state index contributed by atoms with van der Waals surface area (Å²) in [6, 6.07) is 0. The molecule has 0 aliphatic carbocycles. The van der Waals surface area contributed by atoms with Gasteiger partial charge in [-0.2, -0.15) is 0 Å². The maximum Gasteiger partial charge on any atom is 0.336 e. The molecule has 4 heteroatoms. The third-order valence-corrected chi connectivity index (χ3v) is 3.66. The topological polar surface area (TPSA) is 18.5 Å². The minimum absolute atomic E-state index is 0.741. The molecule has 0 aromatic carbocycles. The summed E-state index contributed by atoms with van der Waals surface area (Å²) in [4.78, 5) is 0. The van der Waals surface area contributed by atoms with E-state index in [1.807, 2.05) is 6.92 Å². The second-order valence-corrected chi connectivity index (χ2v) is 4.72. The largest absolute Gasteiger partial charge is 0.444 e. The highest BCUT2D eigenvalue weighted by atomic mass is 28.3. The van der Waals surface area contributed by atoms with Gasteiger partial charge in [-0.1, -0.05) is 5.70 Å². The molecular weight excluding hydrogens is 136 g/mol. The molecule has 1 atom stereocenters. The predicted octanol–water partition coefficient (Wildman–Crippen LogP) is -0.734. The SMILES string of the molecule is C=C[SiH](O[SiH3])OCC. The minimum Gasteiger partial charge on any atom is -0.444 e. The monoisotopic (exact) mass is 148 g/mol. The Morgan fingerprint density at radius 1 is 1.88 bits per heavy atom. The fourth-order valence-corrected chi connectivity index (χ4v) is 2.18. The van der Waals surface area contributed by atoms with E-state index in [-0.39, 0.29) is 0 Å². The lowest BCUT2D eigenvalue weighted by Crippen LogP contribution is -2.18. The lowest BCUT2D eigenvalue weighted by atomic mass is 10.9. The van der Waals surface area contributed by atoms with Crippen molar-refractivity contribution in [3.8, 4) is 0 Å². The van der Waals surface area contributed by atoms with Gasteiger partial charge in [0, 0.05) is 6.61 Å². The molecule has 2 nitrogen and oxygen atoms in total. The zero-order chi connectivity index (χ0) is 6.41. The fraction of sp³-hybridized carbons (Fsp3) is 0.500. The van der Waals surface area contributed by atoms with E-state index in [4.69, 9.17) is 8.54 Å². The van der Waals surface area contributed by atoms with Crippen LogP contribution in [0.25, 0.3) is 0 Å². The van der Waals surface area contributed by atoms with E-state index in [0.717, 1.165) is 17.1 Å². The Kier molecular flexibility index (Phi) is 5.30. The summed E-state index contributed by atoms with van der Waals surface area (Å²) >= 11 is 0. The average molecular weight is 148 g/mol. The molecule has 0 saturated heterocycles. The molecule has 0 aromatic heterocycles. The van der Waals surface area contributed by atoms with Gasteiger partial charge >= 0.3 is 9.28 Å². The average Bonchev–Trinajstić information content (AvgIpc) is 1.83. The number of hydrogen-bond donors (Lipinski definition) is 0. The van der Waals surface area contributed by atoms with Crippen molar-refractivity contribution in [3.05, 3.63) is 12.3 Å². The molecule has 48 valence electrons. The Bertz CT molecular complexity index is 67.1. The first-order valence-corrected chi connectivity index (χ1v) is 5.04. The van der Waals surface area contributed by atoms with Crippen LogP contribution < -0.4 is 0 Å². The lowest BCUT2D eigenvalue weighted by Gasteiger charge is -2.06. The van der Waals surface area contributed by atoms with E-state index in [9.17, 15) is 0 Å². The van der Waals surface area contributed by atoms with Crippen LogP contribution in [0.3, 0.4) is 0 Å². The van der Waals surface area contributed by atoms with Crippen LogP contribution in [0, 0.1) is 0 Å². The number of hydrogen-bond acceptors (Lipinski definition) is 2. The Balaban J connectivity index is 3.21. The highest BCUT2D eigenvalue weighted by Gasteiger charge is 2.00. The zero-order valence-electron chi connectivity index (χ0n) is 5.39. The van der Waals surface area contributed by atoms with Crippen molar-refractivity contribution >= 4 is 19.8 Å². The molecular formula is C4H12O2Si2. The smallest absolute Gasteiger partial charge is 0.336 e. The Hall–Kier alpha value is 0.0938. The van der Waals surface area contributed by atoms with Gasteiger partial charge in [0.15, 0.2) is 0 Å². The summed E-state index contributed by atoms with van der Waals surface area (Å²) in [6.45, 7) is 6.29. The van der Waals surface area contributed by atoms with Crippen LogP contribution in [0.5, 0.6) is 0 Å². The van der Waals surface area contributed by atoms with Gasteiger partial charge in [-0.3, -0.25) is 0 Å². The quantitative estimate of drug-likeness (QED) is 0.489. The van der Waals surface area contributed by atoms with Crippen LogP contribution in [-0.2, 0) is 8.54 Å². The van der Waals surface area contributed by atoms with Gasteiger partial charge < -0.3 is 8.54 Å². The summed E-state index contributed by atoms with van der Waals surface area (Å²) in [5.41, 5.74) is 1.79. The molecule has 0 spiro atoms. The van der Waals surface area contributed by atoms with E-state index in [2.05, 4.69) is 6.58 Å². The molecule has 0 radical (unpaired) electrons. The van der Waals surface area contributed by atoms with Crippen molar-refractivity contribution in [3.63, 3.8) is 0 Å². The van der Waals surface area contributed by atoms with Gasteiger partial charge in [0.1, 0.15) is 10.5 Å². The van der Waals surface area contributed by atoms with E-state index in [1.165, 1.54) is 0 Å². The zero-order valence-corrected chi connectivity index (χ0v) is 8.54. The molecule has 0 saturated carbocycles. The van der Waals surface area contributed by atoms with Crippen LogP contribution in [-0.4, -0.2) is 26.4 Å². The van der Waals surface area contributed by atoms with Gasteiger partial charge in [0.05, 0.1) is 0 Å². The molecule has 0 aromatic rings. The van der Waals surface area contributed by atoms with Crippen LogP contribution in [0.1, 0.15) is 6.92 Å². The molecule has 1 unspecified atom stereocenters. The van der Waals surface area contributed by atoms with Crippen LogP contribution in [0.2, 0.25) is 0 Å². The Morgan fingerprint density at radius 3 is 2.62 bits per heavy atom. The maximum atomic E-state index is 5.17. The summed E-state index contributed by atoms with van der Waals surface area (Å²) < 4.78 is 10.3. The molecule has 0 N–H and O–H groups in total. The predicted molar refractivity (Wildman–Crippen MR) is 40.0 cm³/mol. The highest BCUT2D eigenvalue weighted by Crippen LogP contribution is 1.85. The third-order valence-electron chi connectivity index (χ3n) is 0.756. The van der Waals surface area contributed by atoms with Crippen LogP contribution in [0.15, 0.2) is 12.3 Å².